The Labute approximate surface area is 126 Å². The quantitative estimate of drug-likeness (QED) is 0.744. The van der Waals surface area contributed by atoms with E-state index in [2.05, 4.69) is 10.3 Å². The molecule has 0 bridgehead atoms. The smallest absolute Gasteiger partial charge is 0.259 e. The van der Waals surface area contributed by atoms with Crippen LogP contribution in [0.3, 0.4) is 0 Å². The Bertz CT molecular complexity index is 704. The van der Waals surface area contributed by atoms with Gasteiger partial charge < -0.3 is 20.9 Å². The normalized spacial score (nSPS) is 9.95. The Balaban J connectivity index is 2.29. The van der Waals surface area contributed by atoms with Crippen molar-refractivity contribution in [2.45, 2.75) is 0 Å². The lowest BCUT2D eigenvalue weighted by Crippen LogP contribution is -2.14. The number of hydrogen-bond acceptors (Lipinski definition) is 5. The van der Waals surface area contributed by atoms with Crippen LogP contribution in [-0.4, -0.2) is 28.1 Å². The summed E-state index contributed by atoms with van der Waals surface area (Å²) in [5, 5.41) is 12.3. The van der Waals surface area contributed by atoms with Gasteiger partial charge in [-0.05, 0) is 24.3 Å². The van der Waals surface area contributed by atoms with Gasteiger partial charge in [-0.1, -0.05) is 12.2 Å². The van der Waals surface area contributed by atoms with E-state index in [9.17, 15) is 9.90 Å². The van der Waals surface area contributed by atoms with Crippen LogP contribution in [0.2, 0.25) is 0 Å². The summed E-state index contributed by atoms with van der Waals surface area (Å²) in [6.07, 6.45) is 2.62. The number of hydrogen-bond donors (Lipinski definition) is 3. The number of rotatable bonds is 4. The van der Waals surface area contributed by atoms with Gasteiger partial charge in [0, 0.05) is 11.8 Å². The number of amides is 1. The van der Waals surface area contributed by atoms with Crippen LogP contribution in [0.4, 0.5) is 5.69 Å². The number of methoxy groups -OCH3 is 1. The number of anilines is 1. The molecule has 1 aromatic heterocycles. The SMILES string of the molecule is COc1cc(C(N)=S)ccc1NC(=O)c1ccncc1O. The lowest BCUT2D eigenvalue weighted by Gasteiger charge is -2.12. The number of nitrogens with two attached hydrogens (primary N) is 1. The summed E-state index contributed by atoms with van der Waals surface area (Å²) in [5.41, 5.74) is 6.74. The van der Waals surface area contributed by atoms with Crippen LogP contribution in [0.1, 0.15) is 15.9 Å². The van der Waals surface area contributed by atoms with Gasteiger partial charge in [-0.2, -0.15) is 0 Å². The molecule has 21 heavy (non-hydrogen) atoms. The van der Waals surface area contributed by atoms with Crippen LogP contribution in [0.15, 0.2) is 36.7 Å². The number of nitrogens with zero attached hydrogens (tertiary/aromatic N) is 1. The molecular weight excluding hydrogens is 290 g/mol. The van der Waals surface area contributed by atoms with Crippen LogP contribution < -0.4 is 15.8 Å². The van der Waals surface area contributed by atoms with Crippen LogP contribution in [0, 0.1) is 0 Å². The van der Waals surface area contributed by atoms with Crippen LogP contribution in [0.5, 0.6) is 11.5 Å². The number of carbonyl (C=O) groups excluding carboxylic acids is 1. The molecule has 1 heterocycles. The molecule has 7 heteroatoms. The van der Waals surface area contributed by atoms with Gasteiger partial charge in [-0.15, -0.1) is 0 Å². The second-order valence-electron chi connectivity index (χ2n) is 4.13. The van der Waals surface area contributed by atoms with Crippen molar-refractivity contribution in [3.05, 3.63) is 47.8 Å². The zero-order valence-corrected chi connectivity index (χ0v) is 12.0. The molecule has 1 amide bonds. The van der Waals surface area contributed by atoms with Gasteiger partial charge in [0.25, 0.3) is 5.91 Å². The third-order valence-electron chi connectivity index (χ3n) is 2.78. The highest BCUT2D eigenvalue weighted by Gasteiger charge is 2.14. The van der Waals surface area contributed by atoms with Gasteiger partial charge >= 0.3 is 0 Å². The second kappa shape index (κ2) is 6.19. The average molecular weight is 303 g/mol. The number of carbonyl (C=O) groups is 1. The Morgan fingerprint density at radius 1 is 1.43 bits per heavy atom. The maximum absolute atomic E-state index is 12.1. The summed E-state index contributed by atoms with van der Waals surface area (Å²) >= 11 is 4.89. The largest absolute Gasteiger partial charge is 0.505 e. The summed E-state index contributed by atoms with van der Waals surface area (Å²) in [7, 11) is 1.47. The minimum absolute atomic E-state index is 0.116. The first kappa shape index (κ1) is 14.7. The molecule has 108 valence electrons. The predicted molar refractivity (Wildman–Crippen MR) is 82.7 cm³/mol. The van der Waals surface area contributed by atoms with E-state index < -0.39 is 5.91 Å². The minimum atomic E-state index is -0.476. The molecule has 2 rings (SSSR count). The van der Waals surface area contributed by atoms with Gasteiger partial charge in [-0.3, -0.25) is 9.78 Å². The zero-order valence-electron chi connectivity index (χ0n) is 11.2. The number of benzene rings is 1. The Morgan fingerprint density at radius 3 is 2.81 bits per heavy atom. The lowest BCUT2D eigenvalue weighted by molar-refractivity contribution is 0.102. The van der Waals surface area contributed by atoms with E-state index in [0.717, 1.165) is 0 Å². The Morgan fingerprint density at radius 2 is 2.19 bits per heavy atom. The van der Waals surface area contributed by atoms with Gasteiger partial charge in [0.1, 0.15) is 16.5 Å². The van der Waals surface area contributed by atoms with Crippen molar-refractivity contribution in [2.24, 2.45) is 5.73 Å². The summed E-state index contributed by atoms with van der Waals surface area (Å²) in [6.45, 7) is 0. The van der Waals surface area contributed by atoms with E-state index in [1.165, 1.54) is 25.6 Å². The lowest BCUT2D eigenvalue weighted by atomic mass is 10.1. The zero-order chi connectivity index (χ0) is 15.4. The predicted octanol–water partition coefficient (Wildman–Crippen LogP) is 1.68. The summed E-state index contributed by atoms with van der Waals surface area (Å²) in [6, 6.07) is 6.35. The second-order valence-corrected chi connectivity index (χ2v) is 4.57. The highest BCUT2D eigenvalue weighted by molar-refractivity contribution is 7.80. The molecule has 0 spiro atoms. The standard InChI is InChI=1S/C14H13N3O3S/c1-20-12-6-8(13(15)21)2-3-10(12)17-14(19)9-4-5-16-7-11(9)18/h2-7,18H,1H3,(H2,15,21)(H,17,19). The molecule has 0 saturated carbocycles. The van der Waals surface area contributed by atoms with Gasteiger partial charge in [0.05, 0.1) is 24.6 Å². The summed E-state index contributed by atoms with van der Waals surface area (Å²) < 4.78 is 5.20. The highest BCUT2D eigenvalue weighted by Crippen LogP contribution is 2.27. The van der Waals surface area contributed by atoms with Crippen molar-refractivity contribution in [1.29, 1.82) is 0 Å². The molecule has 0 aliphatic heterocycles. The Hall–Kier alpha value is -2.67. The molecule has 0 unspecified atom stereocenters. The maximum atomic E-state index is 12.1. The Kier molecular flexibility index (Phi) is 4.34. The van der Waals surface area contributed by atoms with Gasteiger partial charge in [-0.25, -0.2) is 0 Å². The number of aromatic nitrogens is 1. The molecule has 1 aromatic carbocycles. The van der Waals surface area contributed by atoms with Crippen LogP contribution in [0.25, 0.3) is 0 Å². The number of ether oxygens (including phenoxy) is 1. The first-order valence-corrected chi connectivity index (χ1v) is 6.36. The molecule has 0 aliphatic carbocycles. The van der Waals surface area contributed by atoms with Gasteiger partial charge in [0.15, 0.2) is 0 Å². The molecular formula is C14H13N3O3S. The molecule has 6 nitrogen and oxygen atoms in total. The minimum Gasteiger partial charge on any atom is -0.505 e. The number of aromatic hydroxyl groups is 1. The monoisotopic (exact) mass is 303 g/mol. The average Bonchev–Trinajstić information content (AvgIpc) is 2.47. The third kappa shape index (κ3) is 3.26. The molecule has 4 N–H and O–H groups in total. The molecule has 0 fully saturated rings. The summed E-state index contributed by atoms with van der Waals surface area (Å²) in [4.78, 5) is 16.1. The van der Waals surface area contributed by atoms with E-state index in [4.69, 9.17) is 22.7 Å². The fourth-order valence-electron chi connectivity index (χ4n) is 1.72. The first-order chi connectivity index (χ1) is 10.0. The van der Waals surface area contributed by atoms with Crippen molar-refractivity contribution in [1.82, 2.24) is 4.98 Å². The van der Waals surface area contributed by atoms with E-state index in [1.807, 2.05) is 0 Å². The van der Waals surface area contributed by atoms with Crippen molar-refractivity contribution in [3.8, 4) is 11.5 Å². The fraction of sp³-hybridized carbons (Fsp3) is 0.0714. The van der Waals surface area contributed by atoms with Crippen LogP contribution in [-0.2, 0) is 0 Å². The van der Waals surface area contributed by atoms with E-state index in [0.29, 0.717) is 17.0 Å². The summed E-state index contributed by atoms with van der Waals surface area (Å²) in [5.74, 6) is -0.257. The molecule has 0 atom stereocenters. The van der Waals surface area contributed by atoms with Crippen molar-refractivity contribution >= 4 is 28.8 Å². The van der Waals surface area contributed by atoms with Crippen LogP contribution >= 0.6 is 12.2 Å². The van der Waals surface area contributed by atoms with Crippen molar-refractivity contribution < 1.29 is 14.6 Å². The molecule has 0 aliphatic rings. The molecule has 0 radical (unpaired) electrons. The third-order valence-corrected chi connectivity index (χ3v) is 3.01. The first-order valence-electron chi connectivity index (χ1n) is 5.95. The number of pyridine rings is 1. The molecule has 0 saturated heterocycles. The maximum Gasteiger partial charge on any atom is 0.259 e. The number of nitrogens with one attached hydrogen (secondary N) is 1. The number of thiocarbonyl (C=S) groups is 1. The van der Waals surface area contributed by atoms with E-state index in [-0.39, 0.29) is 16.3 Å². The van der Waals surface area contributed by atoms with Crippen molar-refractivity contribution in [3.63, 3.8) is 0 Å². The van der Waals surface area contributed by atoms with Gasteiger partial charge in [0.2, 0.25) is 0 Å². The fourth-order valence-corrected chi connectivity index (χ4v) is 1.84. The van der Waals surface area contributed by atoms with Crippen molar-refractivity contribution in [2.75, 3.05) is 12.4 Å². The van der Waals surface area contributed by atoms with E-state index in [1.54, 1.807) is 18.2 Å². The van der Waals surface area contributed by atoms with E-state index >= 15 is 0 Å². The highest BCUT2D eigenvalue weighted by atomic mass is 32.1. The topological polar surface area (TPSA) is 97.5 Å². The molecule has 2 aromatic rings.